The second-order valence-corrected chi connectivity index (χ2v) is 3.07. The van der Waals surface area contributed by atoms with E-state index in [1.807, 2.05) is 0 Å². The Balaban J connectivity index is 2.21. The summed E-state index contributed by atoms with van der Waals surface area (Å²) in [5, 5.41) is 2.05. The number of nitrogens with one attached hydrogen (secondary N) is 2. The van der Waals surface area contributed by atoms with E-state index in [4.69, 9.17) is 11.6 Å². The zero-order valence-corrected chi connectivity index (χ0v) is 8.49. The van der Waals surface area contributed by atoms with Gasteiger partial charge in [-0.25, -0.2) is 14.4 Å². The Bertz CT molecular complexity index is 515. The standard InChI is InChI=1S/C8H5ClFN5O/c9-8-13-3-4(10)5(15-8)14-7(16)6-11-1-2-12-6/h1-3H,(H,11,12)(H,13,14,15,16). The molecular weight excluding hydrogens is 237 g/mol. The highest BCUT2D eigenvalue weighted by Crippen LogP contribution is 2.12. The highest BCUT2D eigenvalue weighted by molar-refractivity contribution is 6.28. The fraction of sp³-hybridized carbons (Fsp3) is 0. The van der Waals surface area contributed by atoms with Gasteiger partial charge >= 0.3 is 0 Å². The molecule has 2 N–H and O–H groups in total. The molecule has 2 aromatic rings. The lowest BCUT2D eigenvalue weighted by Crippen LogP contribution is -2.16. The van der Waals surface area contributed by atoms with Gasteiger partial charge in [0.2, 0.25) is 5.28 Å². The quantitative estimate of drug-likeness (QED) is 0.775. The lowest BCUT2D eigenvalue weighted by molar-refractivity contribution is 0.101. The summed E-state index contributed by atoms with van der Waals surface area (Å²) >= 11 is 5.46. The van der Waals surface area contributed by atoms with Crippen LogP contribution in [0.4, 0.5) is 10.2 Å². The first-order valence-electron chi connectivity index (χ1n) is 4.15. The third-order valence-electron chi connectivity index (χ3n) is 1.66. The lowest BCUT2D eigenvalue weighted by atomic mass is 10.5. The van der Waals surface area contributed by atoms with Crippen molar-refractivity contribution in [2.75, 3.05) is 5.32 Å². The summed E-state index contributed by atoms with van der Waals surface area (Å²) < 4.78 is 13.1. The molecular formula is C8H5ClFN5O. The Morgan fingerprint density at radius 3 is 3.00 bits per heavy atom. The van der Waals surface area contributed by atoms with Gasteiger partial charge in [-0.3, -0.25) is 4.79 Å². The summed E-state index contributed by atoms with van der Waals surface area (Å²) in [6.07, 6.45) is 3.74. The maximum Gasteiger partial charge on any atom is 0.292 e. The largest absolute Gasteiger partial charge is 0.341 e. The van der Waals surface area contributed by atoms with Crippen LogP contribution in [0.1, 0.15) is 10.6 Å². The van der Waals surface area contributed by atoms with Crippen LogP contribution in [-0.2, 0) is 0 Å². The van der Waals surface area contributed by atoms with Crippen molar-refractivity contribution in [2.24, 2.45) is 0 Å². The smallest absolute Gasteiger partial charge is 0.292 e. The molecule has 0 fully saturated rings. The van der Waals surface area contributed by atoms with E-state index in [2.05, 4.69) is 25.3 Å². The number of halogens is 2. The number of carbonyl (C=O) groups is 1. The molecule has 82 valence electrons. The van der Waals surface area contributed by atoms with Crippen molar-refractivity contribution in [1.82, 2.24) is 19.9 Å². The molecule has 16 heavy (non-hydrogen) atoms. The normalized spacial score (nSPS) is 10.1. The van der Waals surface area contributed by atoms with Gasteiger partial charge in [-0.1, -0.05) is 0 Å². The van der Waals surface area contributed by atoms with Gasteiger partial charge in [0.25, 0.3) is 5.91 Å². The molecule has 0 bridgehead atoms. The number of amides is 1. The van der Waals surface area contributed by atoms with Gasteiger partial charge in [0.1, 0.15) is 0 Å². The van der Waals surface area contributed by atoms with Gasteiger partial charge in [0, 0.05) is 12.4 Å². The fourth-order valence-electron chi connectivity index (χ4n) is 0.989. The SMILES string of the molecule is O=C(Nc1nc(Cl)ncc1F)c1ncc[nH]1. The second kappa shape index (κ2) is 4.23. The molecule has 0 saturated carbocycles. The van der Waals surface area contributed by atoms with Crippen molar-refractivity contribution in [1.29, 1.82) is 0 Å². The van der Waals surface area contributed by atoms with Crippen LogP contribution in [0.5, 0.6) is 0 Å². The number of H-pyrrole nitrogens is 1. The summed E-state index contributed by atoms with van der Waals surface area (Å²) in [6, 6.07) is 0. The number of aromatic nitrogens is 4. The highest BCUT2D eigenvalue weighted by Gasteiger charge is 2.13. The van der Waals surface area contributed by atoms with Crippen molar-refractivity contribution in [3.05, 3.63) is 35.5 Å². The Kier molecular flexibility index (Phi) is 2.78. The van der Waals surface area contributed by atoms with Gasteiger partial charge in [0.05, 0.1) is 6.20 Å². The van der Waals surface area contributed by atoms with E-state index in [0.29, 0.717) is 0 Å². The summed E-state index contributed by atoms with van der Waals surface area (Å²) in [5.74, 6) is -1.63. The van der Waals surface area contributed by atoms with E-state index in [9.17, 15) is 9.18 Å². The minimum absolute atomic E-state index is 0.0501. The Morgan fingerprint density at radius 2 is 2.31 bits per heavy atom. The maximum atomic E-state index is 13.1. The first-order chi connectivity index (χ1) is 7.66. The Hall–Kier alpha value is -2.02. The number of hydrogen-bond acceptors (Lipinski definition) is 4. The van der Waals surface area contributed by atoms with Crippen LogP contribution in [0.3, 0.4) is 0 Å². The average molecular weight is 242 g/mol. The number of imidazole rings is 1. The highest BCUT2D eigenvalue weighted by atomic mass is 35.5. The van der Waals surface area contributed by atoms with Gasteiger partial charge < -0.3 is 10.3 Å². The first kappa shape index (κ1) is 10.5. The van der Waals surface area contributed by atoms with E-state index in [1.54, 1.807) is 0 Å². The van der Waals surface area contributed by atoms with E-state index in [1.165, 1.54) is 12.4 Å². The summed E-state index contributed by atoms with van der Waals surface area (Å²) in [4.78, 5) is 24.7. The zero-order chi connectivity index (χ0) is 11.5. The molecule has 1 amide bonds. The van der Waals surface area contributed by atoms with Crippen molar-refractivity contribution < 1.29 is 9.18 Å². The zero-order valence-electron chi connectivity index (χ0n) is 7.74. The molecule has 2 rings (SSSR count). The van der Waals surface area contributed by atoms with E-state index in [-0.39, 0.29) is 16.9 Å². The fourth-order valence-corrected chi connectivity index (χ4v) is 1.12. The molecule has 0 aliphatic carbocycles. The molecule has 0 spiro atoms. The number of carbonyl (C=O) groups excluding carboxylic acids is 1. The summed E-state index contributed by atoms with van der Waals surface area (Å²) in [6.45, 7) is 0. The molecule has 8 heteroatoms. The van der Waals surface area contributed by atoms with E-state index >= 15 is 0 Å². The molecule has 0 atom stereocenters. The minimum Gasteiger partial charge on any atom is -0.341 e. The molecule has 2 heterocycles. The van der Waals surface area contributed by atoms with Crippen LogP contribution in [0, 0.1) is 5.82 Å². The third-order valence-corrected chi connectivity index (χ3v) is 1.84. The number of nitrogens with zero attached hydrogens (tertiary/aromatic N) is 3. The molecule has 2 aromatic heterocycles. The van der Waals surface area contributed by atoms with Gasteiger partial charge in [-0.05, 0) is 11.6 Å². The molecule has 0 aromatic carbocycles. The number of hydrogen-bond donors (Lipinski definition) is 2. The number of anilines is 1. The summed E-state index contributed by atoms with van der Waals surface area (Å²) in [5.41, 5.74) is 0. The van der Waals surface area contributed by atoms with Crippen LogP contribution in [-0.4, -0.2) is 25.8 Å². The average Bonchev–Trinajstić information content (AvgIpc) is 2.76. The topological polar surface area (TPSA) is 83.6 Å². The molecule has 0 aliphatic heterocycles. The second-order valence-electron chi connectivity index (χ2n) is 2.73. The van der Waals surface area contributed by atoms with Crippen LogP contribution < -0.4 is 5.32 Å². The molecule has 6 nitrogen and oxygen atoms in total. The molecule has 0 unspecified atom stereocenters. The van der Waals surface area contributed by atoms with Crippen molar-refractivity contribution in [2.45, 2.75) is 0 Å². The summed E-state index contributed by atoms with van der Waals surface area (Å²) in [7, 11) is 0. The monoisotopic (exact) mass is 241 g/mol. The third kappa shape index (κ3) is 2.14. The van der Waals surface area contributed by atoms with Crippen LogP contribution in [0.2, 0.25) is 5.28 Å². The van der Waals surface area contributed by atoms with Gasteiger partial charge in [-0.15, -0.1) is 0 Å². The van der Waals surface area contributed by atoms with E-state index in [0.717, 1.165) is 6.20 Å². The van der Waals surface area contributed by atoms with Crippen LogP contribution in [0.25, 0.3) is 0 Å². The van der Waals surface area contributed by atoms with Gasteiger partial charge in [0.15, 0.2) is 17.5 Å². The van der Waals surface area contributed by atoms with E-state index < -0.39 is 11.7 Å². The maximum absolute atomic E-state index is 13.1. The van der Waals surface area contributed by atoms with Crippen molar-refractivity contribution in [3.63, 3.8) is 0 Å². The minimum atomic E-state index is -0.774. The predicted octanol–water partition coefficient (Wildman–Crippen LogP) is 1.24. The van der Waals surface area contributed by atoms with Gasteiger partial charge in [-0.2, -0.15) is 4.98 Å². The predicted molar refractivity (Wildman–Crippen MR) is 53.5 cm³/mol. The number of rotatable bonds is 2. The van der Waals surface area contributed by atoms with Crippen molar-refractivity contribution >= 4 is 23.3 Å². The first-order valence-corrected chi connectivity index (χ1v) is 4.53. The molecule has 0 saturated heterocycles. The van der Waals surface area contributed by atoms with Crippen LogP contribution in [0.15, 0.2) is 18.6 Å². The molecule has 0 aliphatic rings. The lowest BCUT2D eigenvalue weighted by Gasteiger charge is -2.02. The molecule has 0 radical (unpaired) electrons. The Morgan fingerprint density at radius 1 is 1.50 bits per heavy atom. The van der Waals surface area contributed by atoms with Crippen molar-refractivity contribution in [3.8, 4) is 0 Å². The number of aromatic amines is 1. The Labute approximate surface area is 93.9 Å². The van der Waals surface area contributed by atoms with Crippen LogP contribution >= 0.6 is 11.6 Å².